The summed E-state index contributed by atoms with van der Waals surface area (Å²) in [6.07, 6.45) is 3.76. The van der Waals surface area contributed by atoms with Crippen LogP contribution in [0, 0.1) is 0 Å². The van der Waals surface area contributed by atoms with Crippen LogP contribution in [0.15, 0.2) is 54.7 Å². The first-order chi connectivity index (χ1) is 12.7. The van der Waals surface area contributed by atoms with Gasteiger partial charge in [-0.25, -0.2) is 0 Å². The molecule has 3 rings (SSSR count). The van der Waals surface area contributed by atoms with Crippen molar-refractivity contribution in [2.75, 3.05) is 19.0 Å². The zero-order chi connectivity index (χ0) is 18.4. The van der Waals surface area contributed by atoms with E-state index in [-0.39, 0.29) is 5.91 Å². The third-order valence-corrected chi connectivity index (χ3v) is 4.06. The molecule has 5 nitrogen and oxygen atoms in total. The summed E-state index contributed by atoms with van der Waals surface area (Å²) in [7, 11) is 1.60. The number of nitrogens with one attached hydrogen (secondary N) is 1. The Morgan fingerprint density at radius 1 is 1.15 bits per heavy atom. The molecule has 0 saturated carbocycles. The average Bonchev–Trinajstić information content (AvgIpc) is 2.68. The van der Waals surface area contributed by atoms with Crippen LogP contribution >= 0.6 is 0 Å². The summed E-state index contributed by atoms with van der Waals surface area (Å²) in [5, 5.41) is 3.79. The van der Waals surface area contributed by atoms with Crippen LogP contribution in [0.3, 0.4) is 0 Å². The number of benzene rings is 2. The molecule has 1 N–H and O–H groups in total. The van der Waals surface area contributed by atoms with Gasteiger partial charge in [0.05, 0.1) is 19.4 Å². The Bertz CT molecular complexity index is 909. The summed E-state index contributed by atoms with van der Waals surface area (Å²) in [5.41, 5.74) is 1.95. The minimum atomic E-state index is -0.193. The van der Waals surface area contributed by atoms with Crippen molar-refractivity contribution in [1.29, 1.82) is 0 Å². The molecule has 0 radical (unpaired) electrons. The lowest BCUT2D eigenvalue weighted by atomic mass is 10.1. The van der Waals surface area contributed by atoms with E-state index < -0.39 is 0 Å². The molecule has 0 aliphatic carbocycles. The van der Waals surface area contributed by atoms with Crippen molar-refractivity contribution in [2.24, 2.45) is 0 Å². The van der Waals surface area contributed by atoms with Crippen LogP contribution in [0.5, 0.6) is 11.5 Å². The van der Waals surface area contributed by atoms with Gasteiger partial charge in [0, 0.05) is 17.1 Å². The van der Waals surface area contributed by atoms with Crippen LogP contribution in [0.4, 0.5) is 5.69 Å². The molecular weight excluding hydrogens is 328 g/mol. The Morgan fingerprint density at radius 3 is 2.85 bits per heavy atom. The van der Waals surface area contributed by atoms with Gasteiger partial charge >= 0.3 is 0 Å². The first kappa shape index (κ1) is 17.7. The molecule has 1 aromatic heterocycles. The molecule has 0 spiro atoms. The lowest BCUT2D eigenvalue weighted by Gasteiger charge is -2.12. The van der Waals surface area contributed by atoms with Crippen LogP contribution < -0.4 is 14.8 Å². The van der Waals surface area contributed by atoms with E-state index in [0.29, 0.717) is 34.9 Å². The van der Waals surface area contributed by atoms with Gasteiger partial charge in [0.1, 0.15) is 17.0 Å². The maximum atomic E-state index is 12.7. The van der Waals surface area contributed by atoms with Crippen molar-refractivity contribution >= 4 is 22.5 Å². The summed E-state index contributed by atoms with van der Waals surface area (Å²) in [6.45, 7) is 2.76. The Kier molecular flexibility index (Phi) is 5.69. The van der Waals surface area contributed by atoms with Crippen molar-refractivity contribution in [3.63, 3.8) is 0 Å². The van der Waals surface area contributed by atoms with E-state index >= 15 is 0 Å². The van der Waals surface area contributed by atoms with Gasteiger partial charge in [-0.1, -0.05) is 19.4 Å². The van der Waals surface area contributed by atoms with Crippen LogP contribution in [-0.4, -0.2) is 24.6 Å². The van der Waals surface area contributed by atoms with Crippen molar-refractivity contribution in [2.45, 2.75) is 19.8 Å². The molecule has 134 valence electrons. The largest absolute Gasteiger partial charge is 0.494 e. The summed E-state index contributed by atoms with van der Waals surface area (Å²) in [4.78, 5) is 17.0. The SMILES string of the molecule is CCCCOc1cccc(C(=O)Nc2ccc(OC)c3ncccc23)c1. The van der Waals surface area contributed by atoms with Gasteiger partial charge in [-0.05, 0) is 48.9 Å². The first-order valence-electron chi connectivity index (χ1n) is 8.69. The number of pyridine rings is 1. The van der Waals surface area contributed by atoms with Crippen LogP contribution in [0.1, 0.15) is 30.1 Å². The highest BCUT2D eigenvalue weighted by Crippen LogP contribution is 2.30. The van der Waals surface area contributed by atoms with Crippen LogP contribution in [-0.2, 0) is 0 Å². The van der Waals surface area contributed by atoms with E-state index in [4.69, 9.17) is 9.47 Å². The third kappa shape index (κ3) is 3.94. The van der Waals surface area contributed by atoms with Crippen LogP contribution in [0.25, 0.3) is 10.9 Å². The van der Waals surface area contributed by atoms with Crippen molar-refractivity contribution in [3.8, 4) is 11.5 Å². The number of nitrogens with zero attached hydrogens (tertiary/aromatic N) is 1. The minimum absolute atomic E-state index is 0.193. The van der Waals surface area contributed by atoms with Crippen molar-refractivity contribution in [1.82, 2.24) is 4.98 Å². The zero-order valence-corrected chi connectivity index (χ0v) is 15.0. The highest BCUT2D eigenvalue weighted by atomic mass is 16.5. The van der Waals surface area contributed by atoms with Gasteiger partial charge in [0.25, 0.3) is 5.91 Å². The maximum absolute atomic E-state index is 12.7. The van der Waals surface area contributed by atoms with Crippen molar-refractivity contribution < 1.29 is 14.3 Å². The number of rotatable bonds is 7. The molecule has 0 unspecified atom stereocenters. The number of aromatic nitrogens is 1. The summed E-state index contributed by atoms with van der Waals surface area (Å²) in [5.74, 6) is 1.18. The molecule has 0 saturated heterocycles. The number of anilines is 1. The maximum Gasteiger partial charge on any atom is 0.255 e. The summed E-state index contributed by atoms with van der Waals surface area (Å²) >= 11 is 0. The zero-order valence-electron chi connectivity index (χ0n) is 15.0. The molecule has 0 aliphatic rings. The molecule has 2 aromatic carbocycles. The summed E-state index contributed by atoms with van der Waals surface area (Å²) in [6, 6.07) is 14.6. The number of amides is 1. The smallest absolute Gasteiger partial charge is 0.255 e. The van der Waals surface area contributed by atoms with Crippen LogP contribution in [0.2, 0.25) is 0 Å². The quantitative estimate of drug-likeness (QED) is 0.629. The molecular formula is C21H22N2O3. The topological polar surface area (TPSA) is 60.5 Å². The predicted octanol–water partition coefficient (Wildman–Crippen LogP) is 4.67. The van der Waals surface area contributed by atoms with Gasteiger partial charge in [-0.2, -0.15) is 0 Å². The molecule has 0 bridgehead atoms. The Hall–Kier alpha value is -3.08. The molecule has 3 aromatic rings. The summed E-state index contributed by atoms with van der Waals surface area (Å²) < 4.78 is 11.0. The number of fused-ring (bicyclic) bond motifs is 1. The Labute approximate surface area is 153 Å². The van der Waals surface area contributed by atoms with Gasteiger partial charge in [-0.15, -0.1) is 0 Å². The second-order valence-corrected chi connectivity index (χ2v) is 5.90. The molecule has 1 amide bonds. The molecule has 26 heavy (non-hydrogen) atoms. The Balaban J connectivity index is 1.82. The van der Waals surface area contributed by atoms with E-state index in [0.717, 1.165) is 18.2 Å². The fourth-order valence-corrected chi connectivity index (χ4v) is 2.68. The van der Waals surface area contributed by atoms with E-state index in [1.165, 1.54) is 0 Å². The first-order valence-corrected chi connectivity index (χ1v) is 8.69. The minimum Gasteiger partial charge on any atom is -0.494 e. The number of hydrogen-bond donors (Lipinski definition) is 1. The lowest BCUT2D eigenvalue weighted by molar-refractivity contribution is 0.102. The van der Waals surface area contributed by atoms with E-state index in [2.05, 4.69) is 17.2 Å². The predicted molar refractivity (Wildman–Crippen MR) is 103 cm³/mol. The monoisotopic (exact) mass is 350 g/mol. The molecule has 0 fully saturated rings. The number of hydrogen-bond acceptors (Lipinski definition) is 4. The lowest BCUT2D eigenvalue weighted by Crippen LogP contribution is -2.12. The van der Waals surface area contributed by atoms with Gasteiger partial charge < -0.3 is 14.8 Å². The average molecular weight is 350 g/mol. The highest BCUT2D eigenvalue weighted by Gasteiger charge is 2.12. The van der Waals surface area contributed by atoms with E-state index in [1.807, 2.05) is 30.3 Å². The van der Waals surface area contributed by atoms with E-state index in [9.17, 15) is 4.79 Å². The molecule has 5 heteroatoms. The number of ether oxygens (including phenoxy) is 2. The number of methoxy groups -OCH3 is 1. The number of unbranched alkanes of at least 4 members (excludes halogenated alkanes) is 1. The van der Waals surface area contributed by atoms with Gasteiger partial charge in [0.15, 0.2) is 0 Å². The number of carbonyl (C=O) groups excluding carboxylic acids is 1. The fraction of sp³-hybridized carbons (Fsp3) is 0.238. The second-order valence-electron chi connectivity index (χ2n) is 5.90. The van der Waals surface area contributed by atoms with Gasteiger partial charge in [-0.3, -0.25) is 9.78 Å². The second kappa shape index (κ2) is 8.34. The van der Waals surface area contributed by atoms with E-state index in [1.54, 1.807) is 31.5 Å². The number of carbonyl (C=O) groups is 1. The normalized spacial score (nSPS) is 10.5. The standard InChI is InChI=1S/C21H22N2O3/c1-3-4-13-26-16-8-5-7-15(14-16)21(24)23-18-10-11-19(25-2)20-17(18)9-6-12-22-20/h5-12,14H,3-4,13H2,1-2H3,(H,23,24). The third-order valence-electron chi connectivity index (χ3n) is 4.06. The Morgan fingerprint density at radius 2 is 2.04 bits per heavy atom. The molecule has 0 atom stereocenters. The van der Waals surface area contributed by atoms with Crippen molar-refractivity contribution in [3.05, 3.63) is 60.3 Å². The van der Waals surface area contributed by atoms with Gasteiger partial charge in [0.2, 0.25) is 0 Å². The highest BCUT2D eigenvalue weighted by molar-refractivity contribution is 6.09. The molecule has 0 aliphatic heterocycles. The molecule has 1 heterocycles. The fourth-order valence-electron chi connectivity index (χ4n) is 2.68.